The van der Waals surface area contributed by atoms with E-state index in [-0.39, 0.29) is 0 Å². The average Bonchev–Trinajstić information content (AvgIpc) is 2.70. The van der Waals surface area contributed by atoms with Gasteiger partial charge in [-0.2, -0.15) is 0 Å². The Morgan fingerprint density at radius 2 is 2.11 bits per heavy atom. The Kier molecular flexibility index (Phi) is 8.35. The van der Waals surface area contributed by atoms with Crippen LogP contribution in [0, 0.1) is 12.8 Å². The van der Waals surface area contributed by atoms with Crippen LogP contribution in [-0.2, 0) is 0 Å². The Balaban J connectivity index is 0.000000184. The van der Waals surface area contributed by atoms with E-state index in [1.54, 1.807) is 23.3 Å². The zero-order valence-electron chi connectivity index (χ0n) is 11.2. The van der Waals surface area contributed by atoms with E-state index in [2.05, 4.69) is 17.7 Å². The van der Waals surface area contributed by atoms with E-state index in [1.165, 1.54) is 37.0 Å². The molecule has 5 heteroatoms. The van der Waals surface area contributed by atoms with Gasteiger partial charge >= 0.3 is 0 Å². The van der Waals surface area contributed by atoms with E-state index < -0.39 is 0 Å². The summed E-state index contributed by atoms with van der Waals surface area (Å²) in [5, 5.41) is 0. The van der Waals surface area contributed by atoms with Crippen LogP contribution in [0.1, 0.15) is 37.0 Å². The number of halogens is 1. The molecule has 1 saturated carbocycles. The van der Waals surface area contributed by atoms with Crippen molar-refractivity contribution in [2.24, 2.45) is 11.7 Å². The predicted octanol–water partition coefficient (Wildman–Crippen LogP) is 4.46. The maximum Gasteiger partial charge on any atom is 0.108 e. The maximum absolute atomic E-state index is 5.88. The van der Waals surface area contributed by atoms with Crippen LogP contribution in [0.4, 0.5) is 0 Å². The first-order chi connectivity index (χ1) is 8.67. The molecule has 0 atom stereocenters. The van der Waals surface area contributed by atoms with Crippen LogP contribution in [0.3, 0.4) is 0 Å². The van der Waals surface area contributed by atoms with Crippen molar-refractivity contribution in [2.45, 2.75) is 43.9 Å². The van der Waals surface area contributed by atoms with Crippen molar-refractivity contribution in [2.75, 3.05) is 13.6 Å². The molecule has 0 aromatic carbocycles. The Morgan fingerprint density at radius 3 is 2.50 bits per heavy atom. The summed E-state index contributed by atoms with van der Waals surface area (Å²) in [6.45, 7) is 2.97. The molecular weight excluding hydrogens is 284 g/mol. The van der Waals surface area contributed by atoms with E-state index in [0.717, 1.165) is 21.7 Å². The molecule has 1 aliphatic carbocycles. The van der Waals surface area contributed by atoms with Crippen LogP contribution >= 0.6 is 34.9 Å². The molecule has 1 fully saturated rings. The summed E-state index contributed by atoms with van der Waals surface area (Å²) in [7, 11) is 1.88. The molecule has 3 N–H and O–H groups in total. The van der Waals surface area contributed by atoms with E-state index >= 15 is 0 Å². The number of hydrogen-bond donors (Lipinski definition) is 2. The van der Waals surface area contributed by atoms with Crippen molar-refractivity contribution in [1.82, 2.24) is 4.72 Å². The van der Waals surface area contributed by atoms with Gasteiger partial charge in [0.25, 0.3) is 0 Å². The highest BCUT2D eigenvalue weighted by Crippen LogP contribution is 2.32. The molecule has 2 rings (SSSR count). The van der Waals surface area contributed by atoms with Gasteiger partial charge in [-0.15, -0.1) is 11.3 Å². The fourth-order valence-electron chi connectivity index (χ4n) is 2.06. The van der Waals surface area contributed by atoms with Crippen molar-refractivity contribution in [3.05, 3.63) is 15.3 Å². The Labute approximate surface area is 124 Å². The number of nitrogens with two attached hydrogens (primary N) is 1. The molecular formula is C13H23ClN2S2. The SMILES string of the molecule is CNSc1cc(C)sc1Cl.NCC1CCCCC1. The molecule has 0 spiro atoms. The number of thiophene rings is 1. The van der Waals surface area contributed by atoms with Crippen LogP contribution in [0.15, 0.2) is 11.0 Å². The summed E-state index contributed by atoms with van der Waals surface area (Å²) in [6.07, 6.45) is 7.05. The van der Waals surface area contributed by atoms with E-state index in [1.807, 2.05) is 7.05 Å². The fraction of sp³-hybridized carbons (Fsp3) is 0.692. The third kappa shape index (κ3) is 5.93. The van der Waals surface area contributed by atoms with Gasteiger partial charge in [0.2, 0.25) is 0 Å². The monoisotopic (exact) mass is 306 g/mol. The van der Waals surface area contributed by atoms with Crippen LogP contribution in [0.25, 0.3) is 0 Å². The van der Waals surface area contributed by atoms with Gasteiger partial charge in [0.05, 0.1) is 4.90 Å². The minimum atomic E-state index is 0.865. The molecule has 0 radical (unpaired) electrons. The smallest absolute Gasteiger partial charge is 0.108 e. The zero-order chi connectivity index (χ0) is 13.4. The Bertz CT molecular complexity index is 336. The quantitative estimate of drug-likeness (QED) is 0.810. The number of aryl methyl sites for hydroxylation is 1. The van der Waals surface area contributed by atoms with Crippen LogP contribution in [0.5, 0.6) is 0 Å². The lowest BCUT2D eigenvalue weighted by Gasteiger charge is -2.18. The van der Waals surface area contributed by atoms with Gasteiger partial charge in [-0.1, -0.05) is 30.9 Å². The van der Waals surface area contributed by atoms with Gasteiger partial charge in [-0.25, -0.2) is 0 Å². The molecule has 1 heterocycles. The lowest BCUT2D eigenvalue weighted by molar-refractivity contribution is 0.366. The minimum Gasteiger partial charge on any atom is -0.330 e. The summed E-state index contributed by atoms with van der Waals surface area (Å²) >= 11 is 9.05. The van der Waals surface area contributed by atoms with Crippen molar-refractivity contribution in [3.63, 3.8) is 0 Å². The lowest BCUT2D eigenvalue weighted by atomic mass is 9.90. The first-order valence-electron chi connectivity index (χ1n) is 6.47. The largest absolute Gasteiger partial charge is 0.330 e. The second kappa shape index (κ2) is 9.21. The zero-order valence-corrected chi connectivity index (χ0v) is 13.6. The highest BCUT2D eigenvalue weighted by atomic mass is 35.5. The third-order valence-electron chi connectivity index (χ3n) is 3.05. The number of hydrogen-bond acceptors (Lipinski definition) is 4. The molecule has 1 aliphatic rings. The minimum absolute atomic E-state index is 0.865. The van der Waals surface area contributed by atoms with Gasteiger partial charge in [0, 0.05) is 4.88 Å². The lowest BCUT2D eigenvalue weighted by Crippen LogP contribution is -2.16. The van der Waals surface area contributed by atoms with Gasteiger partial charge < -0.3 is 5.73 Å². The summed E-state index contributed by atoms with van der Waals surface area (Å²) in [5.41, 5.74) is 5.50. The first-order valence-corrected chi connectivity index (χ1v) is 8.48. The summed E-state index contributed by atoms with van der Waals surface area (Å²) in [4.78, 5) is 2.37. The first kappa shape index (κ1) is 16.3. The van der Waals surface area contributed by atoms with Gasteiger partial charge in [0.15, 0.2) is 0 Å². The molecule has 0 amide bonds. The molecule has 18 heavy (non-hydrogen) atoms. The molecule has 0 bridgehead atoms. The van der Waals surface area contributed by atoms with Gasteiger partial charge in [-0.3, -0.25) is 4.72 Å². The molecule has 2 nitrogen and oxygen atoms in total. The average molecular weight is 307 g/mol. The normalized spacial score (nSPS) is 16.2. The maximum atomic E-state index is 5.88. The van der Waals surface area contributed by atoms with E-state index in [0.29, 0.717) is 0 Å². The summed E-state index contributed by atoms with van der Waals surface area (Å²) in [5.74, 6) is 0.865. The Morgan fingerprint density at radius 1 is 1.44 bits per heavy atom. The van der Waals surface area contributed by atoms with Crippen molar-refractivity contribution < 1.29 is 0 Å². The third-order valence-corrected chi connectivity index (χ3v) is 5.31. The van der Waals surface area contributed by atoms with E-state index in [4.69, 9.17) is 17.3 Å². The molecule has 1 aromatic rings. The van der Waals surface area contributed by atoms with Gasteiger partial charge in [-0.05, 0) is 57.3 Å². The van der Waals surface area contributed by atoms with Crippen LogP contribution < -0.4 is 10.5 Å². The fourth-order valence-corrected chi connectivity index (χ4v) is 4.08. The van der Waals surface area contributed by atoms with Crippen molar-refractivity contribution >= 4 is 34.9 Å². The number of rotatable bonds is 3. The van der Waals surface area contributed by atoms with Crippen molar-refractivity contribution in [1.29, 1.82) is 0 Å². The highest BCUT2D eigenvalue weighted by molar-refractivity contribution is 7.97. The van der Waals surface area contributed by atoms with Gasteiger partial charge in [0.1, 0.15) is 4.34 Å². The van der Waals surface area contributed by atoms with Crippen LogP contribution in [-0.4, -0.2) is 13.6 Å². The topological polar surface area (TPSA) is 38.0 Å². The molecule has 0 aliphatic heterocycles. The predicted molar refractivity (Wildman–Crippen MR) is 84.6 cm³/mol. The molecule has 0 saturated heterocycles. The summed E-state index contributed by atoms with van der Waals surface area (Å²) < 4.78 is 3.85. The molecule has 104 valence electrons. The molecule has 0 unspecified atom stereocenters. The van der Waals surface area contributed by atoms with E-state index in [9.17, 15) is 0 Å². The second-order valence-corrected chi connectivity index (χ2v) is 7.45. The Hall–Kier alpha value is 0.260. The number of nitrogens with one attached hydrogen (secondary N) is 1. The highest BCUT2D eigenvalue weighted by Gasteiger charge is 2.09. The van der Waals surface area contributed by atoms with Crippen molar-refractivity contribution in [3.8, 4) is 0 Å². The van der Waals surface area contributed by atoms with Crippen LogP contribution in [0.2, 0.25) is 4.34 Å². The summed E-state index contributed by atoms with van der Waals surface area (Å²) in [6, 6.07) is 2.08. The second-order valence-electron chi connectivity index (χ2n) is 4.54. The molecule has 1 aromatic heterocycles. The standard InChI is InChI=1S/C7H15N.C6H8ClNS2/c8-6-7-4-2-1-3-5-7;1-4-3-5(10-8-2)6(7)9-4/h7H,1-6,8H2;3,8H,1-2H3.